The summed E-state index contributed by atoms with van der Waals surface area (Å²) < 4.78 is 12.7. The number of carbonyl (C=O) groups is 1. The zero-order chi connectivity index (χ0) is 28.9. The number of ether oxygens (including phenoxy) is 2. The molecule has 2 aromatic carbocycles. The number of thioether (sulfide) groups is 1. The number of pyridine rings is 1. The summed E-state index contributed by atoms with van der Waals surface area (Å²) in [6.45, 7) is 2.89. The monoisotopic (exact) mass is 586 g/mol. The van der Waals surface area contributed by atoms with Crippen molar-refractivity contribution in [3.05, 3.63) is 104 Å². The van der Waals surface area contributed by atoms with Crippen LogP contribution in [-0.4, -0.2) is 51.8 Å². The van der Waals surface area contributed by atoms with Crippen molar-refractivity contribution in [3.63, 3.8) is 0 Å². The lowest BCUT2D eigenvalue weighted by Crippen LogP contribution is -2.30. The van der Waals surface area contributed by atoms with E-state index in [-0.39, 0.29) is 11.5 Å². The molecular weight excluding hydrogens is 556 g/mol. The molecule has 10 heteroatoms. The van der Waals surface area contributed by atoms with Gasteiger partial charge in [-0.05, 0) is 60.7 Å². The Bertz CT molecular complexity index is 1700. The molecule has 4 aromatic rings. The number of thiocarbonyl (C=S) groups is 1. The maximum atomic E-state index is 13.7. The number of nitrogens with one attached hydrogen (secondary N) is 1. The zero-order valence-electron chi connectivity index (χ0n) is 23.0. The molecule has 0 radical (unpaired) electrons. The van der Waals surface area contributed by atoms with Crippen LogP contribution in [0.25, 0.3) is 11.7 Å². The molecule has 1 fully saturated rings. The van der Waals surface area contributed by atoms with Crippen molar-refractivity contribution >= 4 is 51.7 Å². The van der Waals surface area contributed by atoms with E-state index in [0.29, 0.717) is 57.3 Å². The molecule has 1 N–H and O–H groups in total. The lowest BCUT2D eigenvalue weighted by Gasteiger charge is -2.15. The highest BCUT2D eigenvalue weighted by Gasteiger charge is 2.32. The Morgan fingerprint density at radius 3 is 2.51 bits per heavy atom. The molecule has 1 amide bonds. The quantitative estimate of drug-likeness (QED) is 0.203. The summed E-state index contributed by atoms with van der Waals surface area (Å²) in [4.78, 5) is 33.8. The van der Waals surface area contributed by atoms with E-state index in [9.17, 15) is 9.59 Å². The van der Waals surface area contributed by atoms with Gasteiger partial charge in [0, 0.05) is 19.3 Å². The first-order valence-electron chi connectivity index (χ1n) is 13.1. The van der Waals surface area contributed by atoms with Crippen molar-refractivity contribution in [2.45, 2.75) is 19.8 Å². The van der Waals surface area contributed by atoms with Gasteiger partial charge in [-0.15, -0.1) is 0 Å². The number of carbonyl (C=O) groups excluding carboxylic acids is 1. The van der Waals surface area contributed by atoms with E-state index in [1.54, 1.807) is 31.4 Å². The van der Waals surface area contributed by atoms with E-state index in [2.05, 4.69) is 17.4 Å². The topological polar surface area (TPSA) is 85.2 Å². The summed E-state index contributed by atoms with van der Waals surface area (Å²) in [5, 5.41) is 3.33. The molecule has 0 saturated carbocycles. The number of aryl methyl sites for hydroxylation is 1. The summed E-state index contributed by atoms with van der Waals surface area (Å²) in [5.74, 6) is 1.47. The Kier molecular flexibility index (Phi) is 8.70. The summed E-state index contributed by atoms with van der Waals surface area (Å²) >= 11 is 6.76. The maximum absolute atomic E-state index is 13.7. The number of hydrogen-bond acceptors (Lipinski definition) is 8. The fraction of sp³-hybridized carbons (Fsp3) is 0.226. The number of anilines is 1. The van der Waals surface area contributed by atoms with Crippen LogP contribution in [0.3, 0.4) is 0 Å². The number of fused-ring (bicyclic) bond motifs is 1. The van der Waals surface area contributed by atoms with Crippen LogP contribution < -0.4 is 20.3 Å². The van der Waals surface area contributed by atoms with Gasteiger partial charge in [-0.25, -0.2) is 4.98 Å². The molecule has 0 spiro atoms. The molecule has 5 rings (SSSR count). The molecular formula is C31H30N4O4S2. The summed E-state index contributed by atoms with van der Waals surface area (Å²) in [7, 11) is 3.18. The number of benzene rings is 2. The van der Waals surface area contributed by atoms with Crippen LogP contribution in [0.2, 0.25) is 0 Å². The molecule has 41 heavy (non-hydrogen) atoms. The standard InChI is InChI=1S/C31H30N4O4S2/c1-20-9-12-27-33-28(32-15-13-21-7-5-4-6-8-21)23(29(36)35(27)19-20)18-26-30(37)34(31(40)41-26)16-14-22-10-11-24(38-2)25(17-22)39-3/h4-12,17-19,32H,13-16H2,1-3H3. The first kappa shape index (κ1) is 28.4. The largest absolute Gasteiger partial charge is 0.493 e. The summed E-state index contributed by atoms with van der Waals surface area (Å²) in [6, 6.07) is 19.5. The third kappa shape index (κ3) is 6.28. The maximum Gasteiger partial charge on any atom is 0.267 e. The van der Waals surface area contributed by atoms with Crippen molar-refractivity contribution in [1.82, 2.24) is 14.3 Å². The Hall–Kier alpha value is -4.15. The minimum Gasteiger partial charge on any atom is -0.493 e. The number of aromatic nitrogens is 2. The molecule has 0 atom stereocenters. The molecule has 1 aliphatic heterocycles. The van der Waals surface area contributed by atoms with Gasteiger partial charge in [0.1, 0.15) is 15.8 Å². The number of amides is 1. The molecule has 210 valence electrons. The van der Waals surface area contributed by atoms with Gasteiger partial charge in [0.15, 0.2) is 11.5 Å². The van der Waals surface area contributed by atoms with E-state index in [1.807, 2.05) is 55.5 Å². The summed E-state index contributed by atoms with van der Waals surface area (Å²) in [5.41, 5.74) is 3.68. The predicted octanol–water partition coefficient (Wildman–Crippen LogP) is 5.12. The van der Waals surface area contributed by atoms with Crippen molar-refractivity contribution < 1.29 is 14.3 Å². The minimum atomic E-state index is -0.253. The molecule has 0 unspecified atom stereocenters. The second-order valence-corrected chi connectivity index (χ2v) is 11.2. The van der Waals surface area contributed by atoms with Crippen LogP contribution in [0.15, 0.2) is 76.6 Å². The van der Waals surface area contributed by atoms with Crippen LogP contribution in [-0.2, 0) is 17.6 Å². The van der Waals surface area contributed by atoms with Gasteiger partial charge in [-0.3, -0.25) is 18.9 Å². The third-order valence-corrected chi connectivity index (χ3v) is 8.15. The normalized spacial score (nSPS) is 14.2. The number of hydrogen-bond donors (Lipinski definition) is 1. The van der Waals surface area contributed by atoms with Gasteiger partial charge < -0.3 is 14.8 Å². The Balaban J connectivity index is 1.41. The van der Waals surface area contributed by atoms with Crippen molar-refractivity contribution in [2.24, 2.45) is 0 Å². The van der Waals surface area contributed by atoms with E-state index in [4.69, 9.17) is 26.7 Å². The van der Waals surface area contributed by atoms with Gasteiger partial charge >= 0.3 is 0 Å². The van der Waals surface area contributed by atoms with E-state index in [0.717, 1.165) is 17.5 Å². The highest BCUT2D eigenvalue weighted by atomic mass is 32.2. The third-order valence-electron chi connectivity index (χ3n) is 6.78. The van der Waals surface area contributed by atoms with Crippen molar-refractivity contribution in [3.8, 4) is 11.5 Å². The second kappa shape index (κ2) is 12.6. The average Bonchev–Trinajstić information content (AvgIpc) is 3.25. The predicted molar refractivity (Wildman–Crippen MR) is 168 cm³/mol. The molecule has 8 nitrogen and oxygen atoms in total. The van der Waals surface area contributed by atoms with Gasteiger partial charge in [0.25, 0.3) is 11.5 Å². The second-order valence-electron chi connectivity index (χ2n) is 9.55. The van der Waals surface area contributed by atoms with Crippen LogP contribution in [0.4, 0.5) is 5.82 Å². The van der Waals surface area contributed by atoms with Gasteiger partial charge in [0.05, 0.1) is 24.7 Å². The molecule has 3 heterocycles. The first-order chi connectivity index (χ1) is 19.9. The van der Waals surface area contributed by atoms with Crippen molar-refractivity contribution in [1.29, 1.82) is 0 Å². The van der Waals surface area contributed by atoms with Gasteiger partial charge in [0.2, 0.25) is 0 Å². The highest BCUT2D eigenvalue weighted by Crippen LogP contribution is 2.34. The van der Waals surface area contributed by atoms with Crippen LogP contribution >= 0.6 is 24.0 Å². The van der Waals surface area contributed by atoms with E-state index < -0.39 is 0 Å². The first-order valence-corrected chi connectivity index (χ1v) is 14.4. The van der Waals surface area contributed by atoms with Crippen LogP contribution in [0.5, 0.6) is 11.5 Å². The SMILES string of the molecule is COc1ccc(CCN2C(=O)C(=Cc3c(NCCc4ccccc4)nc4ccc(C)cn4c3=O)SC2=S)cc1OC. The van der Waals surface area contributed by atoms with Crippen LogP contribution in [0, 0.1) is 6.92 Å². The average molecular weight is 587 g/mol. The van der Waals surface area contributed by atoms with E-state index in [1.165, 1.54) is 21.7 Å². The lowest BCUT2D eigenvalue weighted by atomic mass is 10.1. The van der Waals surface area contributed by atoms with Crippen LogP contribution in [0.1, 0.15) is 22.3 Å². The molecule has 0 aliphatic carbocycles. The molecule has 1 aliphatic rings. The minimum absolute atomic E-state index is 0.232. The Morgan fingerprint density at radius 1 is 0.976 bits per heavy atom. The van der Waals surface area contributed by atoms with Gasteiger partial charge in [-0.1, -0.05) is 66.4 Å². The molecule has 1 saturated heterocycles. The Morgan fingerprint density at radius 2 is 1.76 bits per heavy atom. The van der Waals surface area contributed by atoms with Gasteiger partial charge in [-0.2, -0.15) is 0 Å². The smallest absolute Gasteiger partial charge is 0.267 e. The lowest BCUT2D eigenvalue weighted by molar-refractivity contribution is -0.122. The number of methoxy groups -OCH3 is 2. The molecule has 2 aromatic heterocycles. The fourth-order valence-electron chi connectivity index (χ4n) is 4.59. The fourth-order valence-corrected chi connectivity index (χ4v) is 5.88. The zero-order valence-corrected chi connectivity index (χ0v) is 24.7. The van der Waals surface area contributed by atoms with Crippen molar-refractivity contribution in [2.75, 3.05) is 32.6 Å². The van der Waals surface area contributed by atoms with E-state index >= 15 is 0 Å². The summed E-state index contributed by atoms with van der Waals surface area (Å²) in [6.07, 6.45) is 4.70. The Labute approximate surface area is 248 Å². The number of rotatable bonds is 10. The highest BCUT2D eigenvalue weighted by molar-refractivity contribution is 8.26. The molecule has 0 bridgehead atoms. The number of nitrogens with zero attached hydrogens (tertiary/aromatic N) is 3.